The van der Waals surface area contributed by atoms with E-state index in [1.165, 1.54) is 12.1 Å². The minimum atomic E-state index is -0.761. The molecule has 0 unspecified atom stereocenters. The highest BCUT2D eigenvalue weighted by atomic mass is 19.1. The number of halogens is 1. The second-order valence-electron chi connectivity index (χ2n) is 8.63. The van der Waals surface area contributed by atoms with Crippen molar-refractivity contribution in [1.29, 1.82) is 0 Å². The van der Waals surface area contributed by atoms with Gasteiger partial charge < -0.3 is 19.5 Å². The van der Waals surface area contributed by atoms with Gasteiger partial charge in [0, 0.05) is 43.5 Å². The van der Waals surface area contributed by atoms with E-state index in [9.17, 15) is 14.3 Å². The van der Waals surface area contributed by atoms with E-state index in [0.717, 1.165) is 11.3 Å². The Morgan fingerprint density at radius 3 is 2.63 bits per heavy atom. The molecule has 4 rings (SSSR count). The third-order valence-electron chi connectivity index (χ3n) is 5.97. The zero-order chi connectivity index (χ0) is 21.5. The highest BCUT2D eigenvalue weighted by Crippen LogP contribution is 2.44. The average molecular weight is 413 g/mol. The van der Waals surface area contributed by atoms with Crippen LogP contribution in [0.1, 0.15) is 60.7 Å². The molecule has 1 spiro atoms. The first-order valence-electron chi connectivity index (χ1n) is 10.5. The smallest absolute Gasteiger partial charge is 0.253 e. The molecule has 1 amide bonds. The summed E-state index contributed by atoms with van der Waals surface area (Å²) in [6.45, 7) is 6.98. The number of aliphatic hydroxyl groups is 1. The molecule has 5 nitrogen and oxygen atoms in total. The molecule has 0 saturated carbocycles. The molecule has 2 aliphatic heterocycles. The van der Waals surface area contributed by atoms with E-state index in [0.29, 0.717) is 49.2 Å². The number of benzene rings is 2. The number of fused-ring (bicyclic) bond motifs is 1. The molecule has 2 heterocycles. The molecule has 0 aliphatic carbocycles. The summed E-state index contributed by atoms with van der Waals surface area (Å²) in [7, 11) is 0. The molecule has 2 aromatic carbocycles. The summed E-state index contributed by atoms with van der Waals surface area (Å²) in [5.74, 6) is 0.931. The molecule has 2 aliphatic rings. The molecule has 6 heteroatoms. The van der Waals surface area contributed by atoms with Crippen LogP contribution in [0.25, 0.3) is 0 Å². The van der Waals surface area contributed by atoms with Gasteiger partial charge in [-0.15, -0.1) is 0 Å². The fraction of sp³-hybridized carbons (Fsp3) is 0.458. The minimum Gasteiger partial charge on any atom is -0.491 e. The predicted molar refractivity (Wildman–Crippen MR) is 111 cm³/mol. The number of carbonyl (C=O) groups excluding carboxylic acids is 1. The zero-order valence-electron chi connectivity index (χ0n) is 17.7. The van der Waals surface area contributed by atoms with Crippen LogP contribution in [0.15, 0.2) is 36.4 Å². The maximum absolute atomic E-state index is 13.5. The standard InChI is InChI=1S/C24H28FNO4/c1-15(2)29-21-6-4-17(12-16(21)3)23(28)26-10-8-24(9-11-26)14-20(27)19-13-18(25)5-7-22(19)30-24/h4-7,12-13,15,20,27H,8-11,14H2,1-3H3/t20-/m1/s1. The van der Waals surface area contributed by atoms with Crippen LogP contribution >= 0.6 is 0 Å². The van der Waals surface area contributed by atoms with E-state index in [1.54, 1.807) is 6.07 Å². The van der Waals surface area contributed by atoms with Crippen LogP contribution < -0.4 is 9.47 Å². The first-order chi connectivity index (χ1) is 14.3. The molecular weight excluding hydrogens is 385 g/mol. The van der Waals surface area contributed by atoms with E-state index in [4.69, 9.17) is 9.47 Å². The van der Waals surface area contributed by atoms with Crippen molar-refractivity contribution in [3.8, 4) is 11.5 Å². The van der Waals surface area contributed by atoms with E-state index >= 15 is 0 Å². The molecule has 1 fully saturated rings. The van der Waals surface area contributed by atoms with Crippen LogP contribution in [0.3, 0.4) is 0 Å². The van der Waals surface area contributed by atoms with Gasteiger partial charge >= 0.3 is 0 Å². The monoisotopic (exact) mass is 413 g/mol. The van der Waals surface area contributed by atoms with Gasteiger partial charge in [0.15, 0.2) is 0 Å². The lowest BCUT2D eigenvalue weighted by Crippen LogP contribution is -2.51. The molecule has 30 heavy (non-hydrogen) atoms. The number of aliphatic hydroxyl groups excluding tert-OH is 1. The largest absolute Gasteiger partial charge is 0.491 e. The molecular formula is C24H28FNO4. The fourth-order valence-corrected chi connectivity index (χ4v) is 4.38. The Morgan fingerprint density at radius 2 is 1.97 bits per heavy atom. The lowest BCUT2D eigenvalue weighted by molar-refractivity contribution is -0.0497. The number of amides is 1. The molecule has 0 bridgehead atoms. The van der Waals surface area contributed by atoms with Crippen molar-refractivity contribution in [2.24, 2.45) is 0 Å². The first-order valence-corrected chi connectivity index (χ1v) is 10.5. The third-order valence-corrected chi connectivity index (χ3v) is 5.97. The first kappa shape index (κ1) is 20.7. The van der Waals surface area contributed by atoms with Crippen LogP contribution in [-0.2, 0) is 0 Å². The van der Waals surface area contributed by atoms with Gasteiger partial charge in [0.05, 0.1) is 12.2 Å². The number of likely N-dealkylation sites (tertiary alicyclic amines) is 1. The van der Waals surface area contributed by atoms with Gasteiger partial charge in [0.25, 0.3) is 5.91 Å². The number of hydrogen-bond donors (Lipinski definition) is 1. The van der Waals surface area contributed by atoms with Gasteiger partial charge in [-0.3, -0.25) is 4.79 Å². The molecule has 160 valence electrons. The highest BCUT2D eigenvalue weighted by Gasteiger charge is 2.43. The highest BCUT2D eigenvalue weighted by molar-refractivity contribution is 5.94. The summed E-state index contributed by atoms with van der Waals surface area (Å²) >= 11 is 0. The van der Waals surface area contributed by atoms with Gasteiger partial charge in [-0.05, 0) is 62.7 Å². The Morgan fingerprint density at radius 1 is 1.23 bits per heavy atom. The van der Waals surface area contributed by atoms with Gasteiger partial charge in [0.2, 0.25) is 0 Å². The Bertz CT molecular complexity index is 950. The number of piperidine rings is 1. The Kier molecular flexibility index (Phi) is 5.45. The molecule has 1 N–H and O–H groups in total. The normalized spacial score (nSPS) is 20.1. The quantitative estimate of drug-likeness (QED) is 0.810. The van der Waals surface area contributed by atoms with Crippen LogP contribution in [0.4, 0.5) is 4.39 Å². The van der Waals surface area contributed by atoms with Crippen molar-refractivity contribution in [2.75, 3.05) is 13.1 Å². The summed E-state index contributed by atoms with van der Waals surface area (Å²) < 4.78 is 25.5. The summed E-state index contributed by atoms with van der Waals surface area (Å²) in [6, 6.07) is 9.79. The van der Waals surface area contributed by atoms with E-state index in [-0.39, 0.29) is 17.8 Å². The number of carbonyl (C=O) groups is 1. The summed E-state index contributed by atoms with van der Waals surface area (Å²) in [6.07, 6.45) is 0.977. The average Bonchev–Trinajstić information content (AvgIpc) is 2.70. The maximum Gasteiger partial charge on any atom is 0.253 e. The topological polar surface area (TPSA) is 59.0 Å². The molecule has 1 atom stereocenters. The van der Waals surface area contributed by atoms with Crippen molar-refractivity contribution in [3.63, 3.8) is 0 Å². The predicted octanol–water partition coefficient (Wildman–Crippen LogP) is 4.41. The van der Waals surface area contributed by atoms with Crippen molar-refractivity contribution in [3.05, 3.63) is 58.9 Å². The Balaban J connectivity index is 1.44. The van der Waals surface area contributed by atoms with Crippen molar-refractivity contribution in [1.82, 2.24) is 4.90 Å². The summed E-state index contributed by atoms with van der Waals surface area (Å²) in [5.41, 5.74) is 1.56. The molecule has 0 aromatic heterocycles. The third kappa shape index (κ3) is 4.01. The van der Waals surface area contributed by atoms with E-state index in [1.807, 2.05) is 43.9 Å². The maximum atomic E-state index is 13.5. The molecule has 0 radical (unpaired) electrons. The van der Waals surface area contributed by atoms with Crippen LogP contribution in [0.5, 0.6) is 11.5 Å². The number of hydrogen-bond acceptors (Lipinski definition) is 4. The molecule has 1 saturated heterocycles. The van der Waals surface area contributed by atoms with Crippen LogP contribution in [0.2, 0.25) is 0 Å². The van der Waals surface area contributed by atoms with Gasteiger partial charge in [0.1, 0.15) is 22.9 Å². The summed E-state index contributed by atoms with van der Waals surface area (Å²) in [5, 5.41) is 10.5. The minimum absolute atomic E-state index is 0.0112. The van der Waals surface area contributed by atoms with Gasteiger partial charge in [-0.1, -0.05) is 0 Å². The number of nitrogens with zero attached hydrogens (tertiary/aromatic N) is 1. The van der Waals surface area contributed by atoms with Crippen molar-refractivity contribution >= 4 is 5.91 Å². The second-order valence-corrected chi connectivity index (χ2v) is 8.63. The number of ether oxygens (including phenoxy) is 2. The second kappa shape index (κ2) is 7.91. The lowest BCUT2D eigenvalue weighted by Gasteiger charge is -2.46. The Labute approximate surface area is 176 Å². The van der Waals surface area contributed by atoms with Crippen molar-refractivity contribution in [2.45, 2.75) is 57.8 Å². The zero-order valence-corrected chi connectivity index (χ0v) is 17.7. The van der Waals surface area contributed by atoms with Crippen LogP contribution in [0, 0.1) is 12.7 Å². The number of aryl methyl sites for hydroxylation is 1. The van der Waals surface area contributed by atoms with Crippen molar-refractivity contribution < 1.29 is 23.8 Å². The van der Waals surface area contributed by atoms with Gasteiger partial charge in [-0.25, -0.2) is 4.39 Å². The van der Waals surface area contributed by atoms with Gasteiger partial charge in [-0.2, -0.15) is 0 Å². The fourth-order valence-electron chi connectivity index (χ4n) is 4.38. The molecule has 2 aromatic rings. The van der Waals surface area contributed by atoms with E-state index < -0.39 is 11.7 Å². The number of rotatable bonds is 3. The van der Waals surface area contributed by atoms with E-state index in [2.05, 4.69) is 0 Å². The Hall–Kier alpha value is -2.60. The van der Waals surface area contributed by atoms with Crippen LogP contribution in [-0.4, -0.2) is 40.7 Å². The SMILES string of the molecule is Cc1cc(C(=O)N2CCC3(CC2)C[C@@H](O)c2cc(F)ccc2O3)ccc1OC(C)C. The lowest BCUT2D eigenvalue weighted by atomic mass is 9.81. The summed E-state index contributed by atoms with van der Waals surface area (Å²) in [4.78, 5) is 14.8.